The van der Waals surface area contributed by atoms with Crippen molar-refractivity contribution in [2.75, 3.05) is 37.8 Å². The van der Waals surface area contributed by atoms with E-state index in [1.165, 1.54) is 24.0 Å². The fourth-order valence-corrected chi connectivity index (χ4v) is 8.15. The van der Waals surface area contributed by atoms with Crippen molar-refractivity contribution in [3.8, 4) is 11.5 Å². The zero-order valence-electron chi connectivity index (χ0n) is 18.4. The first-order chi connectivity index (χ1) is 14.7. The number of benzene rings is 1. The molecule has 2 atom stereocenters. The van der Waals surface area contributed by atoms with Gasteiger partial charge < -0.3 is 14.8 Å². The lowest BCUT2D eigenvalue weighted by atomic mass is 9.71. The van der Waals surface area contributed by atoms with Crippen molar-refractivity contribution in [1.29, 1.82) is 0 Å². The normalized spacial score (nSPS) is 30.8. The molecule has 0 radical (unpaired) electrons. The highest BCUT2D eigenvalue weighted by molar-refractivity contribution is 7.91. The molecule has 1 aromatic carbocycles. The van der Waals surface area contributed by atoms with Gasteiger partial charge in [-0.25, -0.2) is 8.42 Å². The minimum Gasteiger partial charge on any atom is -0.486 e. The Hall–Kier alpha value is -1.80. The Morgan fingerprint density at radius 1 is 1.16 bits per heavy atom. The Balaban J connectivity index is 1.40. The smallest absolute Gasteiger partial charge is 0.234 e. The maximum atomic E-state index is 13.0. The van der Waals surface area contributed by atoms with Crippen LogP contribution in [0.4, 0.5) is 0 Å². The molecule has 170 valence electrons. The van der Waals surface area contributed by atoms with E-state index in [0.717, 1.165) is 30.9 Å². The number of sulfone groups is 1. The molecule has 1 N–H and O–H groups in total. The maximum Gasteiger partial charge on any atom is 0.234 e. The molecule has 0 aromatic heterocycles. The van der Waals surface area contributed by atoms with Crippen LogP contribution in [0.5, 0.6) is 11.5 Å². The van der Waals surface area contributed by atoms with Crippen LogP contribution in [0.15, 0.2) is 12.1 Å². The number of carbonyl (C=O) groups is 1. The van der Waals surface area contributed by atoms with Gasteiger partial charge in [-0.1, -0.05) is 12.8 Å². The summed E-state index contributed by atoms with van der Waals surface area (Å²) in [6.07, 6.45) is 5.09. The van der Waals surface area contributed by atoms with Crippen molar-refractivity contribution < 1.29 is 22.7 Å². The summed E-state index contributed by atoms with van der Waals surface area (Å²) in [6, 6.07) is 4.37. The van der Waals surface area contributed by atoms with Gasteiger partial charge in [0.05, 0.1) is 23.6 Å². The first kappa shape index (κ1) is 21.1. The van der Waals surface area contributed by atoms with Crippen LogP contribution in [-0.4, -0.2) is 62.6 Å². The number of hydrogen-bond acceptors (Lipinski definition) is 6. The third-order valence-electron chi connectivity index (χ3n) is 7.64. The molecule has 5 rings (SSSR count). The van der Waals surface area contributed by atoms with Gasteiger partial charge in [0.2, 0.25) is 5.91 Å². The molecule has 2 fully saturated rings. The Labute approximate surface area is 184 Å². The van der Waals surface area contributed by atoms with Gasteiger partial charge in [0.1, 0.15) is 13.2 Å². The molecule has 7 nitrogen and oxygen atoms in total. The van der Waals surface area contributed by atoms with Gasteiger partial charge in [0.25, 0.3) is 0 Å². The van der Waals surface area contributed by atoms with Crippen LogP contribution in [0.2, 0.25) is 0 Å². The first-order valence-corrected chi connectivity index (χ1v) is 13.2. The average Bonchev–Trinajstić information content (AvgIpc) is 3.29. The lowest BCUT2D eigenvalue weighted by Crippen LogP contribution is -2.53. The summed E-state index contributed by atoms with van der Waals surface area (Å²) in [4.78, 5) is 15.2. The summed E-state index contributed by atoms with van der Waals surface area (Å²) in [5.74, 6) is 1.70. The van der Waals surface area contributed by atoms with Crippen LogP contribution in [0.3, 0.4) is 0 Å². The Kier molecular flexibility index (Phi) is 5.01. The monoisotopic (exact) mass is 448 g/mol. The van der Waals surface area contributed by atoms with E-state index in [9.17, 15) is 13.2 Å². The highest BCUT2D eigenvalue weighted by Crippen LogP contribution is 2.51. The zero-order chi connectivity index (χ0) is 21.9. The lowest BCUT2D eigenvalue weighted by Gasteiger charge is -2.46. The molecule has 0 bridgehead atoms. The zero-order valence-corrected chi connectivity index (χ0v) is 19.2. The van der Waals surface area contributed by atoms with Crippen molar-refractivity contribution in [2.45, 2.75) is 62.9 Å². The largest absolute Gasteiger partial charge is 0.486 e. The average molecular weight is 449 g/mol. The van der Waals surface area contributed by atoms with Crippen molar-refractivity contribution in [1.82, 2.24) is 10.2 Å². The lowest BCUT2D eigenvalue weighted by molar-refractivity contribution is -0.124. The predicted molar refractivity (Wildman–Crippen MR) is 117 cm³/mol. The van der Waals surface area contributed by atoms with Gasteiger partial charge in [-0.05, 0) is 56.4 Å². The third kappa shape index (κ3) is 3.82. The van der Waals surface area contributed by atoms with E-state index in [2.05, 4.69) is 29.3 Å². The van der Waals surface area contributed by atoms with Crippen molar-refractivity contribution in [3.05, 3.63) is 23.3 Å². The number of rotatable bonds is 3. The molecule has 0 unspecified atom stereocenters. The quantitative estimate of drug-likeness (QED) is 0.764. The second kappa shape index (κ2) is 7.37. The van der Waals surface area contributed by atoms with Gasteiger partial charge in [0.15, 0.2) is 21.3 Å². The minimum atomic E-state index is -3.06. The molecule has 1 aliphatic carbocycles. The fraction of sp³-hybridized carbons (Fsp3) is 0.696. The van der Waals surface area contributed by atoms with Crippen molar-refractivity contribution in [2.24, 2.45) is 0 Å². The number of amides is 1. The highest BCUT2D eigenvalue weighted by atomic mass is 32.2. The molecule has 8 heteroatoms. The third-order valence-corrected chi connectivity index (χ3v) is 9.54. The van der Waals surface area contributed by atoms with Gasteiger partial charge in [-0.15, -0.1) is 0 Å². The molecule has 1 saturated carbocycles. The van der Waals surface area contributed by atoms with E-state index in [1.54, 1.807) is 0 Å². The fourth-order valence-electron chi connectivity index (χ4n) is 6.06. The Morgan fingerprint density at radius 2 is 1.84 bits per heavy atom. The number of fused-ring (bicyclic) bond motifs is 3. The molecule has 4 aliphatic rings. The molecule has 1 saturated heterocycles. The van der Waals surface area contributed by atoms with Gasteiger partial charge >= 0.3 is 0 Å². The number of nitrogens with zero attached hydrogens (tertiary/aromatic N) is 1. The van der Waals surface area contributed by atoms with Gasteiger partial charge in [-0.2, -0.15) is 0 Å². The summed E-state index contributed by atoms with van der Waals surface area (Å²) in [5.41, 5.74) is 1.95. The summed E-state index contributed by atoms with van der Waals surface area (Å²) in [7, 11) is -3.06. The van der Waals surface area contributed by atoms with E-state index in [1.807, 2.05) is 6.92 Å². The molecule has 1 amide bonds. The summed E-state index contributed by atoms with van der Waals surface area (Å²) in [6.45, 7) is 6.22. The summed E-state index contributed by atoms with van der Waals surface area (Å²) in [5, 5.41) is 3.03. The molecule has 1 spiro atoms. The Bertz CT molecular complexity index is 1000. The van der Waals surface area contributed by atoms with E-state index < -0.39 is 15.4 Å². The Morgan fingerprint density at radius 3 is 2.48 bits per heavy atom. The molecular formula is C23H32N2O5S. The number of ether oxygens (including phenoxy) is 2. The van der Waals surface area contributed by atoms with Crippen LogP contribution in [0.25, 0.3) is 0 Å². The van der Waals surface area contributed by atoms with Crippen molar-refractivity contribution in [3.63, 3.8) is 0 Å². The molecule has 1 aromatic rings. The maximum absolute atomic E-state index is 13.0. The summed E-state index contributed by atoms with van der Waals surface area (Å²) < 4.78 is 35.5. The van der Waals surface area contributed by atoms with E-state index in [4.69, 9.17) is 9.47 Å². The van der Waals surface area contributed by atoms with E-state index in [-0.39, 0.29) is 35.4 Å². The van der Waals surface area contributed by atoms with E-state index >= 15 is 0 Å². The number of hydrogen-bond donors (Lipinski definition) is 1. The van der Waals surface area contributed by atoms with Crippen LogP contribution in [0, 0.1) is 0 Å². The second-order valence-corrected chi connectivity index (χ2v) is 12.3. The van der Waals surface area contributed by atoms with Gasteiger partial charge in [0, 0.05) is 18.0 Å². The molecule has 3 aliphatic heterocycles. The van der Waals surface area contributed by atoms with Gasteiger partial charge in [-0.3, -0.25) is 9.69 Å². The molecule has 3 heterocycles. The first-order valence-electron chi connectivity index (χ1n) is 11.4. The van der Waals surface area contributed by atoms with Crippen LogP contribution in [0.1, 0.15) is 63.1 Å². The van der Waals surface area contributed by atoms with Crippen molar-refractivity contribution >= 4 is 15.7 Å². The number of carbonyl (C=O) groups excluding carboxylic acids is 1. The minimum absolute atomic E-state index is 0.0253. The molecule has 31 heavy (non-hydrogen) atoms. The SMILES string of the molecule is C[C@H]1c2cc3c(cc2C2(CCCC2)CN1CC(=O)N[C@@]1(C)CCS(=O)(=O)C1)OCCO3. The number of nitrogens with one attached hydrogen (secondary N) is 1. The van der Waals surface area contributed by atoms with Crippen LogP contribution >= 0.6 is 0 Å². The summed E-state index contributed by atoms with van der Waals surface area (Å²) >= 11 is 0. The standard InChI is InChI=1S/C23H32N2O5S/c1-16-17-11-19-20(30-9-8-29-19)12-18(17)23(5-3-4-6-23)14-25(16)13-21(26)24-22(2)7-10-31(27,28)15-22/h11-12,16H,3-10,13-15H2,1-2H3,(H,24,26)/t16-,22-/m0/s1. The topological polar surface area (TPSA) is 84.9 Å². The van der Waals surface area contributed by atoms with Crippen LogP contribution in [-0.2, 0) is 20.0 Å². The predicted octanol–water partition coefficient (Wildman–Crippen LogP) is 2.34. The van der Waals surface area contributed by atoms with E-state index in [0.29, 0.717) is 19.6 Å². The highest BCUT2D eigenvalue weighted by Gasteiger charge is 2.46. The second-order valence-electron chi connectivity index (χ2n) is 10.1. The molecular weight excluding hydrogens is 416 g/mol. The van der Waals surface area contributed by atoms with Crippen LogP contribution < -0.4 is 14.8 Å².